The van der Waals surface area contributed by atoms with E-state index in [0.717, 1.165) is 28.0 Å². The molecule has 0 bridgehead atoms. The average Bonchev–Trinajstić information content (AvgIpc) is 2.74. The Morgan fingerprint density at radius 2 is 1.95 bits per heavy atom. The summed E-state index contributed by atoms with van der Waals surface area (Å²) in [5, 5.41) is 5.74. The summed E-state index contributed by atoms with van der Waals surface area (Å²) in [4.78, 5) is 4.76. The molecule has 0 aliphatic carbocycles. The van der Waals surface area contributed by atoms with Gasteiger partial charge < -0.3 is 15.5 Å². The van der Waals surface area contributed by atoms with Crippen LogP contribution in [0.5, 0.6) is 0 Å². The molecule has 2 heterocycles. The van der Waals surface area contributed by atoms with Gasteiger partial charge in [0.2, 0.25) is 0 Å². The van der Waals surface area contributed by atoms with E-state index in [2.05, 4.69) is 57.7 Å². The van der Waals surface area contributed by atoms with Gasteiger partial charge in [0.15, 0.2) is 0 Å². The third-order valence-electron chi connectivity index (χ3n) is 4.49. The molecule has 0 amide bonds. The lowest BCUT2D eigenvalue weighted by molar-refractivity contribution is 0.250. The van der Waals surface area contributed by atoms with Crippen LogP contribution in [0.1, 0.15) is 12.8 Å². The summed E-state index contributed by atoms with van der Waals surface area (Å²) in [6, 6.07) is 4.75. The first-order valence-corrected chi connectivity index (χ1v) is 8.39. The van der Waals surface area contributed by atoms with E-state index in [4.69, 9.17) is 5.73 Å². The molecule has 2 aromatic rings. The molecule has 0 unspecified atom stereocenters. The number of rotatable bonds is 2. The first-order valence-electron chi connectivity index (χ1n) is 7.31. The molecule has 1 aliphatic rings. The van der Waals surface area contributed by atoms with Gasteiger partial charge >= 0.3 is 0 Å². The van der Waals surface area contributed by atoms with Gasteiger partial charge in [-0.3, -0.25) is 4.68 Å². The zero-order chi connectivity index (χ0) is 15.1. The number of hydrogen-bond donors (Lipinski definition) is 1. The second-order valence-electron chi connectivity index (χ2n) is 5.99. The second kappa shape index (κ2) is 5.64. The summed E-state index contributed by atoms with van der Waals surface area (Å²) in [5.74, 6) is 0. The molecule has 1 aromatic heterocycles. The van der Waals surface area contributed by atoms with Crippen molar-refractivity contribution in [3.8, 4) is 0 Å². The lowest BCUT2D eigenvalue weighted by atomic mass is 10.0. The van der Waals surface area contributed by atoms with E-state index in [1.165, 1.54) is 23.9 Å². The molecule has 0 spiro atoms. The lowest BCUT2D eigenvalue weighted by Gasteiger charge is -2.37. The van der Waals surface area contributed by atoms with Crippen LogP contribution in [0, 0.1) is 3.70 Å². The molecular formula is C15H22IN5. The molecule has 3 rings (SSSR count). The monoisotopic (exact) mass is 399 g/mol. The van der Waals surface area contributed by atoms with E-state index in [1.54, 1.807) is 0 Å². The predicted molar refractivity (Wildman–Crippen MR) is 96.8 cm³/mol. The van der Waals surface area contributed by atoms with Gasteiger partial charge in [-0.1, -0.05) is 0 Å². The zero-order valence-electron chi connectivity index (χ0n) is 12.8. The van der Waals surface area contributed by atoms with Gasteiger partial charge in [0, 0.05) is 26.2 Å². The molecule has 114 valence electrons. The van der Waals surface area contributed by atoms with Gasteiger partial charge in [0.05, 0.1) is 22.3 Å². The Morgan fingerprint density at radius 1 is 1.29 bits per heavy atom. The van der Waals surface area contributed by atoms with Crippen molar-refractivity contribution >= 4 is 44.9 Å². The second-order valence-corrected chi connectivity index (χ2v) is 7.02. The van der Waals surface area contributed by atoms with E-state index >= 15 is 0 Å². The van der Waals surface area contributed by atoms with Crippen LogP contribution >= 0.6 is 22.6 Å². The van der Waals surface area contributed by atoms with Crippen LogP contribution in [-0.4, -0.2) is 47.9 Å². The molecule has 5 nitrogen and oxygen atoms in total. The van der Waals surface area contributed by atoms with Crippen LogP contribution < -0.4 is 10.6 Å². The third-order valence-corrected chi connectivity index (χ3v) is 5.25. The fourth-order valence-corrected chi connectivity index (χ4v) is 4.11. The van der Waals surface area contributed by atoms with Crippen LogP contribution in [0.25, 0.3) is 10.9 Å². The van der Waals surface area contributed by atoms with Gasteiger partial charge in [-0.2, -0.15) is 5.10 Å². The largest absolute Gasteiger partial charge is 0.397 e. The molecule has 2 N–H and O–H groups in total. The number of aryl methyl sites for hydroxylation is 1. The minimum absolute atomic E-state index is 0.676. The molecular weight excluding hydrogens is 377 g/mol. The standard InChI is InChI=1S/C15H22IN5/c1-19(2)10-6-8-21(9-7-10)14-11(17)4-5-12-13(14)15(16)18-20(12)3/h4-5,10H,6-9,17H2,1-3H3. The molecule has 0 radical (unpaired) electrons. The Hall–Kier alpha value is -1.02. The van der Waals surface area contributed by atoms with E-state index < -0.39 is 0 Å². The molecule has 0 atom stereocenters. The summed E-state index contributed by atoms with van der Waals surface area (Å²) in [6.45, 7) is 2.11. The maximum Gasteiger partial charge on any atom is 0.133 e. The number of piperidine rings is 1. The van der Waals surface area contributed by atoms with Crippen molar-refractivity contribution in [1.82, 2.24) is 14.7 Å². The highest BCUT2D eigenvalue weighted by atomic mass is 127. The topological polar surface area (TPSA) is 50.3 Å². The smallest absolute Gasteiger partial charge is 0.133 e. The van der Waals surface area contributed by atoms with E-state index in [0.29, 0.717) is 6.04 Å². The van der Waals surface area contributed by atoms with Crippen molar-refractivity contribution in [2.45, 2.75) is 18.9 Å². The van der Waals surface area contributed by atoms with Gasteiger partial charge in [0.25, 0.3) is 0 Å². The Morgan fingerprint density at radius 3 is 2.57 bits per heavy atom. The maximum atomic E-state index is 6.30. The molecule has 1 aromatic carbocycles. The van der Waals surface area contributed by atoms with Crippen molar-refractivity contribution < 1.29 is 0 Å². The summed E-state index contributed by atoms with van der Waals surface area (Å²) in [7, 11) is 6.32. The number of nitrogen functional groups attached to an aromatic ring is 1. The lowest BCUT2D eigenvalue weighted by Crippen LogP contribution is -2.42. The van der Waals surface area contributed by atoms with Crippen molar-refractivity contribution in [2.24, 2.45) is 7.05 Å². The van der Waals surface area contributed by atoms with E-state index in [-0.39, 0.29) is 0 Å². The highest BCUT2D eigenvalue weighted by molar-refractivity contribution is 14.1. The fraction of sp³-hybridized carbons (Fsp3) is 0.533. The summed E-state index contributed by atoms with van der Waals surface area (Å²) < 4.78 is 2.97. The van der Waals surface area contributed by atoms with Crippen LogP contribution in [0.15, 0.2) is 12.1 Å². The molecule has 1 fully saturated rings. The molecule has 1 saturated heterocycles. The van der Waals surface area contributed by atoms with Gasteiger partial charge in [-0.25, -0.2) is 0 Å². The SMILES string of the molecule is CN(C)C1CCN(c2c(N)ccc3c2c(I)nn3C)CC1. The molecule has 21 heavy (non-hydrogen) atoms. The van der Waals surface area contributed by atoms with Crippen LogP contribution in [0.4, 0.5) is 11.4 Å². The number of aromatic nitrogens is 2. The van der Waals surface area contributed by atoms with Crippen LogP contribution in [0.2, 0.25) is 0 Å². The number of hydrogen-bond acceptors (Lipinski definition) is 4. The number of anilines is 2. The van der Waals surface area contributed by atoms with Crippen molar-refractivity contribution in [1.29, 1.82) is 0 Å². The summed E-state index contributed by atoms with van der Waals surface area (Å²) in [5.41, 5.74) is 9.48. The number of halogens is 1. The Bertz CT molecular complexity index is 656. The minimum atomic E-state index is 0.676. The van der Waals surface area contributed by atoms with Crippen molar-refractivity contribution in [3.05, 3.63) is 15.8 Å². The van der Waals surface area contributed by atoms with E-state index in [9.17, 15) is 0 Å². The number of nitrogens with two attached hydrogens (primary N) is 1. The van der Waals surface area contributed by atoms with Gasteiger partial charge in [0.1, 0.15) is 3.70 Å². The normalized spacial score (nSPS) is 17.1. The van der Waals surface area contributed by atoms with E-state index in [1.807, 2.05) is 17.8 Å². The minimum Gasteiger partial charge on any atom is -0.397 e. The summed E-state index contributed by atoms with van der Waals surface area (Å²) >= 11 is 2.31. The molecule has 1 aliphatic heterocycles. The van der Waals surface area contributed by atoms with Gasteiger partial charge in [-0.05, 0) is 61.7 Å². The molecule has 6 heteroatoms. The Kier molecular flexibility index (Phi) is 4.00. The number of nitrogens with zero attached hydrogens (tertiary/aromatic N) is 4. The van der Waals surface area contributed by atoms with Gasteiger partial charge in [-0.15, -0.1) is 0 Å². The van der Waals surface area contributed by atoms with Crippen molar-refractivity contribution in [2.75, 3.05) is 37.8 Å². The number of benzene rings is 1. The zero-order valence-corrected chi connectivity index (χ0v) is 15.0. The first-order chi connectivity index (χ1) is 9.99. The Labute approximate surface area is 139 Å². The summed E-state index contributed by atoms with van der Waals surface area (Å²) in [6.07, 6.45) is 2.36. The van der Waals surface area contributed by atoms with Crippen LogP contribution in [-0.2, 0) is 7.05 Å². The fourth-order valence-electron chi connectivity index (χ4n) is 3.25. The number of fused-ring (bicyclic) bond motifs is 1. The highest BCUT2D eigenvalue weighted by Gasteiger charge is 2.25. The third kappa shape index (κ3) is 2.59. The quantitative estimate of drug-likeness (QED) is 0.622. The highest BCUT2D eigenvalue weighted by Crippen LogP contribution is 2.37. The first kappa shape index (κ1) is 14.9. The van der Waals surface area contributed by atoms with Crippen LogP contribution in [0.3, 0.4) is 0 Å². The Balaban J connectivity index is 1.99. The maximum absolute atomic E-state index is 6.30. The van der Waals surface area contributed by atoms with Crippen molar-refractivity contribution in [3.63, 3.8) is 0 Å². The predicted octanol–water partition coefficient (Wildman–Crippen LogP) is 2.29. The average molecular weight is 399 g/mol. The molecule has 0 saturated carbocycles.